The van der Waals surface area contributed by atoms with E-state index in [0.717, 1.165) is 12.0 Å². The monoisotopic (exact) mass is 335 g/mol. The van der Waals surface area contributed by atoms with Crippen molar-refractivity contribution in [2.24, 2.45) is 0 Å². The fourth-order valence-corrected chi connectivity index (χ4v) is 3.80. The second-order valence-corrected chi connectivity index (χ2v) is 7.37. The summed E-state index contributed by atoms with van der Waals surface area (Å²) in [5.74, 6) is 0.110. The standard InChI is InChI=1S/C23H29NO/c1-4-22(20-12-11-18-7-5-6-8-19(18)14-20)24-23(25)15-21-13-16(2)9-10-17(21)3/h9-14,22H,4-8,15H2,1-3H3,(H,24,25). The summed E-state index contributed by atoms with van der Waals surface area (Å²) in [6, 6.07) is 13.2. The van der Waals surface area contributed by atoms with E-state index >= 15 is 0 Å². The molecular weight excluding hydrogens is 306 g/mol. The number of hydrogen-bond acceptors (Lipinski definition) is 1. The average molecular weight is 335 g/mol. The summed E-state index contributed by atoms with van der Waals surface area (Å²) in [7, 11) is 0. The summed E-state index contributed by atoms with van der Waals surface area (Å²) >= 11 is 0. The van der Waals surface area contributed by atoms with Gasteiger partial charge in [-0.25, -0.2) is 0 Å². The Morgan fingerprint density at radius 1 is 1.04 bits per heavy atom. The lowest BCUT2D eigenvalue weighted by Gasteiger charge is -2.22. The highest BCUT2D eigenvalue weighted by Crippen LogP contribution is 2.26. The van der Waals surface area contributed by atoms with Gasteiger partial charge in [0.2, 0.25) is 5.91 Å². The fraction of sp³-hybridized carbons (Fsp3) is 0.435. The number of nitrogens with one attached hydrogen (secondary N) is 1. The van der Waals surface area contributed by atoms with Crippen LogP contribution in [0.3, 0.4) is 0 Å². The Morgan fingerprint density at radius 3 is 2.56 bits per heavy atom. The van der Waals surface area contributed by atoms with E-state index < -0.39 is 0 Å². The summed E-state index contributed by atoms with van der Waals surface area (Å²) in [5, 5.41) is 3.25. The molecule has 1 N–H and O–H groups in total. The zero-order chi connectivity index (χ0) is 17.8. The van der Waals surface area contributed by atoms with Crippen LogP contribution in [0.25, 0.3) is 0 Å². The molecule has 2 nitrogen and oxygen atoms in total. The van der Waals surface area contributed by atoms with Crippen molar-refractivity contribution in [3.63, 3.8) is 0 Å². The molecule has 0 aromatic heterocycles. The minimum Gasteiger partial charge on any atom is -0.349 e. The molecule has 2 heteroatoms. The lowest BCUT2D eigenvalue weighted by Crippen LogP contribution is -2.30. The molecule has 0 saturated heterocycles. The van der Waals surface area contributed by atoms with Crippen LogP contribution in [-0.4, -0.2) is 5.91 Å². The SMILES string of the molecule is CCC(NC(=O)Cc1cc(C)ccc1C)c1ccc2c(c1)CCCC2. The molecule has 0 aliphatic heterocycles. The third kappa shape index (κ3) is 4.31. The van der Waals surface area contributed by atoms with E-state index in [0.29, 0.717) is 6.42 Å². The predicted molar refractivity (Wildman–Crippen MR) is 104 cm³/mol. The molecule has 0 radical (unpaired) electrons. The molecule has 1 atom stereocenters. The Labute approximate surface area is 151 Å². The van der Waals surface area contributed by atoms with Crippen LogP contribution in [-0.2, 0) is 24.1 Å². The third-order valence-electron chi connectivity index (χ3n) is 5.37. The van der Waals surface area contributed by atoms with Crippen molar-refractivity contribution in [1.82, 2.24) is 5.32 Å². The molecule has 132 valence electrons. The van der Waals surface area contributed by atoms with Crippen LogP contribution in [0.1, 0.15) is 65.6 Å². The number of rotatable bonds is 5. The molecule has 1 aliphatic rings. The number of carbonyl (C=O) groups excluding carboxylic acids is 1. The maximum Gasteiger partial charge on any atom is 0.224 e. The molecule has 0 fully saturated rings. The van der Waals surface area contributed by atoms with Gasteiger partial charge >= 0.3 is 0 Å². The lowest BCUT2D eigenvalue weighted by molar-refractivity contribution is -0.121. The van der Waals surface area contributed by atoms with Crippen LogP contribution in [0.2, 0.25) is 0 Å². The van der Waals surface area contributed by atoms with E-state index in [-0.39, 0.29) is 11.9 Å². The van der Waals surface area contributed by atoms with Gasteiger partial charge in [-0.2, -0.15) is 0 Å². The summed E-state index contributed by atoms with van der Waals surface area (Å²) in [6.45, 7) is 6.29. The van der Waals surface area contributed by atoms with Crippen LogP contribution in [0.5, 0.6) is 0 Å². The van der Waals surface area contributed by atoms with Crippen molar-refractivity contribution in [3.05, 3.63) is 69.8 Å². The van der Waals surface area contributed by atoms with E-state index in [1.54, 1.807) is 0 Å². The van der Waals surface area contributed by atoms with Crippen molar-refractivity contribution in [3.8, 4) is 0 Å². The van der Waals surface area contributed by atoms with Gasteiger partial charge in [0.25, 0.3) is 0 Å². The molecule has 1 unspecified atom stereocenters. The van der Waals surface area contributed by atoms with Crippen molar-refractivity contribution >= 4 is 5.91 Å². The molecule has 2 aromatic rings. The maximum absolute atomic E-state index is 12.6. The second-order valence-electron chi connectivity index (χ2n) is 7.37. The fourth-order valence-electron chi connectivity index (χ4n) is 3.80. The third-order valence-corrected chi connectivity index (χ3v) is 5.37. The highest BCUT2D eigenvalue weighted by atomic mass is 16.1. The van der Waals surface area contributed by atoms with Gasteiger partial charge in [-0.3, -0.25) is 4.79 Å². The molecule has 0 heterocycles. The zero-order valence-electron chi connectivity index (χ0n) is 15.7. The zero-order valence-corrected chi connectivity index (χ0v) is 15.7. The van der Waals surface area contributed by atoms with Gasteiger partial charge in [0.15, 0.2) is 0 Å². The molecule has 1 aliphatic carbocycles. The van der Waals surface area contributed by atoms with E-state index in [9.17, 15) is 4.79 Å². The summed E-state index contributed by atoms with van der Waals surface area (Å²) < 4.78 is 0. The van der Waals surface area contributed by atoms with Gasteiger partial charge in [0, 0.05) is 0 Å². The van der Waals surface area contributed by atoms with E-state index in [1.807, 2.05) is 0 Å². The number of carbonyl (C=O) groups is 1. The molecule has 1 amide bonds. The number of fused-ring (bicyclic) bond motifs is 1. The molecule has 0 saturated carbocycles. The van der Waals surface area contributed by atoms with Crippen molar-refractivity contribution in [2.45, 2.75) is 65.3 Å². The summed E-state index contributed by atoms with van der Waals surface area (Å²) in [6.07, 6.45) is 6.33. The largest absolute Gasteiger partial charge is 0.349 e. The van der Waals surface area contributed by atoms with Gasteiger partial charge in [0.1, 0.15) is 0 Å². The Morgan fingerprint density at radius 2 is 1.80 bits per heavy atom. The highest BCUT2D eigenvalue weighted by molar-refractivity contribution is 5.79. The quantitative estimate of drug-likeness (QED) is 0.819. The van der Waals surface area contributed by atoms with E-state index in [4.69, 9.17) is 0 Å². The first-order valence-electron chi connectivity index (χ1n) is 9.54. The maximum atomic E-state index is 12.6. The first-order valence-corrected chi connectivity index (χ1v) is 9.54. The van der Waals surface area contributed by atoms with E-state index in [1.165, 1.54) is 53.5 Å². The normalized spacial score (nSPS) is 14.7. The second kappa shape index (κ2) is 7.86. The Bertz CT molecular complexity index is 763. The van der Waals surface area contributed by atoms with Gasteiger partial charge < -0.3 is 5.32 Å². The number of hydrogen-bond donors (Lipinski definition) is 1. The molecule has 2 aromatic carbocycles. The van der Waals surface area contributed by atoms with Crippen molar-refractivity contribution in [2.75, 3.05) is 0 Å². The first-order chi connectivity index (χ1) is 12.1. The van der Waals surface area contributed by atoms with Crippen LogP contribution < -0.4 is 5.32 Å². The van der Waals surface area contributed by atoms with Crippen LogP contribution in [0.15, 0.2) is 36.4 Å². The van der Waals surface area contributed by atoms with Gasteiger partial charge in [-0.1, -0.05) is 48.9 Å². The van der Waals surface area contributed by atoms with Gasteiger partial charge in [-0.05, 0) is 73.8 Å². The Kier molecular flexibility index (Phi) is 5.57. The highest BCUT2D eigenvalue weighted by Gasteiger charge is 2.16. The number of aryl methyl sites for hydroxylation is 4. The minimum atomic E-state index is 0.102. The van der Waals surface area contributed by atoms with Gasteiger partial charge in [0.05, 0.1) is 12.5 Å². The van der Waals surface area contributed by atoms with Crippen LogP contribution in [0, 0.1) is 13.8 Å². The smallest absolute Gasteiger partial charge is 0.224 e. The van der Waals surface area contributed by atoms with Crippen LogP contribution in [0.4, 0.5) is 0 Å². The average Bonchev–Trinajstić information content (AvgIpc) is 2.62. The molecule has 0 spiro atoms. The summed E-state index contributed by atoms with van der Waals surface area (Å²) in [5.41, 5.74) is 7.73. The molecular formula is C23H29NO. The first kappa shape index (κ1) is 17.7. The topological polar surface area (TPSA) is 29.1 Å². The molecule has 3 rings (SSSR count). The Balaban J connectivity index is 1.71. The lowest BCUT2D eigenvalue weighted by atomic mass is 9.88. The molecule has 25 heavy (non-hydrogen) atoms. The number of benzene rings is 2. The van der Waals surface area contributed by atoms with Gasteiger partial charge in [-0.15, -0.1) is 0 Å². The summed E-state index contributed by atoms with van der Waals surface area (Å²) in [4.78, 5) is 12.6. The number of amides is 1. The van der Waals surface area contributed by atoms with Crippen molar-refractivity contribution in [1.29, 1.82) is 0 Å². The van der Waals surface area contributed by atoms with Crippen LogP contribution >= 0.6 is 0 Å². The minimum absolute atomic E-state index is 0.102. The van der Waals surface area contributed by atoms with Crippen molar-refractivity contribution < 1.29 is 4.79 Å². The molecule has 0 bridgehead atoms. The van der Waals surface area contributed by atoms with E-state index in [2.05, 4.69) is 62.5 Å². The Hall–Kier alpha value is -2.09. The predicted octanol–water partition coefficient (Wildman–Crippen LogP) is 4.99.